The predicted molar refractivity (Wildman–Crippen MR) is 136 cm³/mol. The van der Waals surface area contributed by atoms with Gasteiger partial charge in [0.05, 0.1) is 40.7 Å². The van der Waals surface area contributed by atoms with E-state index in [2.05, 4.69) is 15.0 Å². The molecule has 186 valence electrons. The van der Waals surface area contributed by atoms with Gasteiger partial charge in [-0.15, -0.1) is 0 Å². The van der Waals surface area contributed by atoms with Gasteiger partial charge in [0.15, 0.2) is 5.82 Å². The molecule has 1 atom stereocenters. The number of halogens is 1. The maximum Gasteiger partial charge on any atom is 0.410 e. The monoisotopic (exact) mass is 488 g/mol. The molecule has 8 heteroatoms. The van der Waals surface area contributed by atoms with E-state index in [1.807, 2.05) is 63.2 Å². The average molecular weight is 489 g/mol. The molecule has 0 saturated carbocycles. The second-order valence-electron chi connectivity index (χ2n) is 9.92. The maximum atomic E-state index is 15.4. The number of aromatic nitrogens is 3. The van der Waals surface area contributed by atoms with Gasteiger partial charge in [0.2, 0.25) is 0 Å². The lowest BCUT2D eigenvalue weighted by atomic mass is 10.0. The third-order valence-electron chi connectivity index (χ3n) is 6.17. The van der Waals surface area contributed by atoms with Gasteiger partial charge in [-0.2, -0.15) is 0 Å². The number of hydrogen-bond donors (Lipinski definition) is 1. The summed E-state index contributed by atoms with van der Waals surface area (Å²) < 4.78 is 27.1. The van der Waals surface area contributed by atoms with Crippen LogP contribution in [-0.4, -0.2) is 50.7 Å². The molecule has 1 aliphatic rings. The predicted octanol–water partition coefficient (Wildman–Crippen LogP) is 6.21. The first-order chi connectivity index (χ1) is 17.3. The molecule has 0 aliphatic carbocycles. The molecule has 1 N–H and O–H groups in total. The zero-order valence-corrected chi connectivity index (χ0v) is 20.6. The van der Waals surface area contributed by atoms with E-state index in [0.717, 1.165) is 35.0 Å². The number of ether oxygens (including phenoxy) is 2. The van der Waals surface area contributed by atoms with E-state index in [1.54, 1.807) is 11.1 Å². The summed E-state index contributed by atoms with van der Waals surface area (Å²) in [4.78, 5) is 26.3. The largest absolute Gasteiger partial charge is 0.489 e. The van der Waals surface area contributed by atoms with Crippen molar-refractivity contribution in [2.75, 3.05) is 13.2 Å². The smallest absolute Gasteiger partial charge is 0.410 e. The fraction of sp³-hybridized carbons (Fsp3) is 0.321. The van der Waals surface area contributed by atoms with Crippen LogP contribution in [0.1, 0.15) is 33.6 Å². The number of hydrogen-bond acceptors (Lipinski definition) is 5. The van der Waals surface area contributed by atoms with Gasteiger partial charge < -0.3 is 19.4 Å². The van der Waals surface area contributed by atoms with Crippen LogP contribution >= 0.6 is 0 Å². The average Bonchev–Trinajstić information content (AvgIpc) is 3.47. The zero-order valence-electron chi connectivity index (χ0n) is 20.6. The third kappa shape index (κ3) is 4.76. The first kappa shape index (κ1) is 23.8. The molecule has 4 heterocycles. The Bertz CT molecular complexity index is 1380. The number of carbonyl (C=O) groups excluding carboxylic acids is 1. The molecule has 3 aromatic heterocycles. The van der Waals surface area contributed by atoms with Crippen molar-refractivity contribution in [3.63, 3.8) is 0 Å². The molecule has 1 saturated heterocycles. The standard InChI is InChI=1S/C28H29FN4O3/c1-28(2,3)36-27(34)33-14-8-11-19(33)17-35-22-16-30-15-20(29)24(22)26-23(18-9-5-4-6-10-18)25-21(32-26)12-7-13-31-25/h4-7,9-10,12-13,15-16,19,32H,8,11,14,17H2,1-3H3/t19-/m0/s1. The molecule has 1 fully saturated rings. The third-order valence-corrected chi connectivity index (χ3v) is 6.17. The van der Waals surface area contributed by atoms with Gasteiger partial charge in [-0.25, -0.2) is 9.18 Å². The lowest BCUT2D eigenvalue weighted by molar-refractivity contribution is 0.0187. The van der Waals surface area contributed by atoms with Crippen molar-refractivity contribution in [2.45, 2.75) is 45.3 Å². The number of aromatic amines is 1. The first-order valence-electron chi connectivity index (χ1n) is 12.1. The highest BCUT2D eigenvalue weighted by Gasteiger charge is 2.33. The summed E-state index contributed by atoms with van der Waals surface area (Å²) >= 11 is 0. The fourth-order valence-corrected chi connectivity index (χ4v) is 4.62. The number of amides is 1. The maximum absolute atomic E-state index is 15.4. The molecule has 1 amide bonds. The Morgan fingerprint density at radius 3 is 2.72 bits per heavy atom. The molecule has 1 aliphatic heterocycles. The zero-order chi connectivity index (χ0) is 25.3. The number of benzene rings is 1. The number of fused-ring (bicyclic) bond motifs is 1. The van der Waals surface area contributed by atoms with E-state index in [1.165, 1.54) is 12.4 Å². The Labute approximate surface area is 209 Å². The van der Waals surface area contributed by atoms with Gasteiger partial charge in [0.25, 0.3) is 0 Å². The van der Waals surface area contributed by atoms with Crippen LogP contribution in [0.15, 0.2) is 61.1 Å². The van der Waals surface area contributed by atoms with Crippen LogP contribution in [0.25, 0.3) is 33.4 Å². The molecule has 0 radical (unpaired) electrons. The Kier molecular flexibility index (Phi) is 6.35. The van der Waals surface area contributed by atoms with Gasteiger partial charge in [0.1, 0.15) is 18.0 Å². The van der Waals surface area contributed by atoms with Crippen molar-refractivity contribution < 1.29 is 18.7 Å². The van der Waals surface area contributed by atoms with Crippen molar-refractivity contribution in [2.24, 2.45) is 0 Å². The second kappa shape index (κ2) is 9.60. The lowest BCUT2D eigenvalue weighted by Gasteiger charge is -2.28. The van der Waals surface area contributed by atoms with E-state index in [-0.39, 0.29) is 24.3 Å². The highest BCUT2D eigenvalue weighted by Crippen LogP contribution is 2.42. The van der Waals surface area contributed by atoms with Crippen molar-refractivity contribution in [3.8, 4) is 28.1 Å². The van der Waals surface area contributed by atoms with Crippen LogP contribution in [-0.2, 0) is 4.74 Å². The Hall–Kier alpha value is -3.94. The Balaban J connectivity index is 1.50. The first-order valence-corrected chi connectivity index (χ1v) is 12.1. The van der Waals surface area contributed by atoms with Crippen molar-refractivity contribution in [3.05, 3.63) is 66.9 Å². The van der Waals surface area contributed by atoms with Gasteiger partial charge in [0, 0.05) is 18.3 Å². The minimum atomic E-state index is -0.581. The molecule has 0 unspecified atom stereocenters. The van der Waals surface area contributed by atoms with E-state index in [9.17, 15) is 4.79 Å². The molecule has 0 bridgehead atoms. The number of carbonyl (C=O) groups is 1. The van der Waals surface area contributed by atoms with E-state index in [0.29, 0.717) is 18.0 Å². The summed E-state index contributed by atoms with van der Waals surface area (Å²) in [5, 5.41) is 0. The Morgan fingerprint density at radius 1 is 1.14 bits per heavy atom. The number of rotatable bonds is 5. The van der Waals surface area contributed by atoms with Crippen LogP contribution in [0.4, 0.5) is 9.18 Å². The number of nitrogens with one attached hydrogen (secondary N) is 1. The van der Waals surface area contributed by atoms with E-state index in [4.69, 9.17) is 9.47 Å². The highest BCUT2D eigenvalue weighted by molar-refractivity contribution is 6.02. The van der Waals surface area contributed by atoms with E-state index < -0.39 is 11.4 Å². The normalized spacial score (nSPS) is 15.9. The van der Waals surface area contributed by atoms with Gasteiger partial charge in [-0.1, -0.05) is 30.3 Å². The van der Waals surface area contributed by atoms with E-state index >= 15 is 4.39 Å². The van der Waals surface area contributed by atoms with Crippen molar-refractivity contribution in [1.82, 2.24) is 19.9 Å². The van der Waals surface area contributed by atoms with Crippen LogP contribution in [0.2, 0.25) is 0 Å². The summed E-state index contributed by atoms with van der Waals surface area (Å²) in [6.07, 6.45) is 5.69. The second-order valence-corrected chi connectivity index (χ2v) is 9.92. The fourth-order valence-electron chi connectivity index (χ4n) is 4.62. The van der Waals surface area contributed by atoms with Crippen molar-refractivity contribution >= 4 is 17.1 Å². The number of pyridine rings is 2. The molecular weight excluding hydrogens is 459 g/mol. The summed E-state index contributed by atoms with van der Waals surface area (Å²) in [7, 11) is 0. The minimum absolute atomic E-state index is 0.172. The highest BCUT2D eigenvalue weighted by atomic mass is 19.1. The van der Waals surface area contributed by atoms with Gasteiger partial charge in [-0.3, -0.25) is 9.97 Å². The molecular formula is C28H29FN4O3. The van der Waals surface area contributed by atoms with Crippen LogP contribution in [0, 0.1) is 5.82 Å². The van der Waals surface area contributed by atoms with Crippen LogP contribution < -0.4 is 4.74 Å². The molecule has 7 nitrogen and oxygen atoms in total. The summed E-state index contributed by atoms with van der Waals surface area (Å²) in [5.74, 6) is -0.207. The van der Waals surface area contributed by atoms with Gasteiger partial charge in [-0.05, 0) is 51.3 Å². The Morgan fingerprint density at radius 2 is 1.94 bits per heavy atom. The molecule has 36 heavy (non-hydrogen) atoms. The molecule has 5 rings (SSSR count). The number of H-pyrrole nitrogens is 1. The van der Waals surface area contributed by atoms with Crippen LogP contribution in [0.3, 0.4) is 0 Å². The number of nitrogens with zero attached hydrogens (tertiary/aromatic N) is 3. The summed E-state index contributed by atoms with van der Waals surface area (Å²) in [5.41, 5.74) is 3.50. The molecule has 1 aromatic carbocycles. The minimum Gasteiger partial charge on any atom is -0.489 e. The molecule has 4 aromatic rings. The van der Waals surface area contributed by atoms with Crippen molar-refractivity contribution in [1.29, 1.82) is 0 Å². The molecule has 0 spiro atoms. The summed E-state index contributed by atoms with van der Waals surface area (Å²) in [6, 6.07) is 13.3. The SMILES string of the molecule is CC(C)(C)OC(=O)N1CCC[C@H]1COc1cncc(F)c1-c1[nH]c2cccnc2c1-c1ccccc1. The van der Waals surface area contributed by atoms with Gasteiger partial charge >= 0.3 is 6.09 Å². The number of likely N-dealkylation sites (tertiary alicyclic amines) is 1. The lowest BCUT2D eigenvalue weighted by Crippen LogP contribution is -2.42. The topological polar surface area (TPSA) is 80.3 Å². The quantitative estimate of drug-likeness (QED) is 0.361. The summed E-state index contributed by atoms with van der Waals surface area (Å²) in [6.45, 7) is 6.34. The van der Waals surface area contributed by atoms with Crippen LogP contribution in [0.5, 0.6) is 5.75 Å².